The minimum absolute atomic E-state index is 0.0315. The van der Waals surface area contributed by atoms with Gasteiger partial charge in [-0.2, -0.15) is 5.26 Å². The van der Waals surface area contributed by atoms with E-state index >= 15 is 4.39 Å². The van der Waals surface area contributed by atoms with E-state index in [4.69, 9.17) is 32.9 Å². The Kier molecular flexibility index (Phi) is 8.28. The highest BCUT2D eigenvalue weighted by molar-refractivity contribution is 6.43. The van der Waals surface area contributed by atoms with Crippen molar-refractivity contribution in [1.29, 1.82) is 5.26 Å². The number of aryl methyl sites for hydroxylation is 2. The van der Waals surface area contributed by atoms with Crippen LogP contribution in [0.5, 0.6) is 0 Å². The Morgan fingerprint density at radius 1 is 1.12 bits per heavy atom. The average molecular weight is 733 g/mol. The minimum Gasteiger partial charge on any atom is -0.444 e. The van der Waals surface area contributed by atoms with Crippen LogP contribution in [-0.2, 0) is 16.0 Å². The number of β-amino-alcohol motifs (C(OH)–C–C–N with tert-alkyl or cyclic N) is 1. The van der Waals surface area contributed by atoms with E-state index in [2.05, 4.69) is 16.7 Å². The molecule has 3 saturated heterocycles. The van der Waals surface area contributed by atoms with Crippen molar-refractivity contribution in [1.82, 2.24) is 19.4 Å². The first-order valence-corrected chi connectivity index (χ1v) is 18.5. The number of aromatic nitrogens is 2. The Morgan fingerprint density at radius 2 is 1.88 bits per heavy atom. The van der Waals surface area contributed by atoms with Crippen LogP contribution in [-0.4, -0.2) is 67.3 Å². The van der Waals surface area contributed by atoms with Crippen LogP contribution in [0.3, 0.4) is 0 Å². The Morgan fingerprint density at radius 3 is 2.59 bits per heavy atom. The summed E-state index contributed by atoms with van der Waals surface area (Å²) in [7, 11) is 0. The average Bonchev–Trinajstić information content (AvgIpc) is 3.36. The topological polar surface area (TPSA) is 112 Å². The van der Waals surface area contributed by atoms with Crippen LogP contribution in [0.2, 0.25) is 10.0 Å². The number of amides is 2. The second-order valence-corrected chi connectivity index (χ2v) is 16.4. The van der Waals surface area contributed by atoms with Crippen LogP contribution in [0.15, 0.2) is 30.3 Å². The highest BCUT2D eigenvalue weighted by atomic mass is 35.5. The molecule has 2 saturated carbocycles. The van der Waals surface area contributed by atoms with Crippen molar-refractivity contribution >= 4 is 57.0 Å². The summed E-state index contributed by atoms with van der Waals surface area (Å²) in [5.74, 6) is -0.437. The standard InChI is InChI=1S/C39H40Cl2FN5O4/c1-19-25-16-29(28-15-23(48)18-45(28)37(49)20-10-11-20)47(35-22-14-30(35)46(17-22)38(50)51-39(2,3)4)36(25)26-13-21(7-6-12-43)31(33(42)34(26)44-19)24-8-5-9-27(40)32(24)41/h5,8-9,13,16,20,22-23,28,30,35,48H,6-7,10-11,14-15,17-18H2,1-4H3/t22-,23+,28-,30-,35+/m1/s1. The highest BCUT2D eigenvalue weighted by Crippen LogP contribution is 2.54. The predicted octanol–water partition coefficient (Wildman–Crippen LogP) is 8.29. The van der Waals surface area contributed by atoms with Gasteiger partial charge in [0.25, 0.3) is 0 Å². The number of carbonyl (C=O) groups excluding carboxylic acids is 2. The molecule has 0 radical (unpaired) electrons. The summed E-state index contributed by atoms with van der Waals surface area (Å²) in [5.41, 5.74) is 3.00. The number of hydrogen-bond donors (Lipinski definition) is 1. The van der Waals surface area contributed by atoms with Gasteiger partial charge in [0.15, 0.2) is 5.82 Å². The molecule has 3 aliphatic heterocycles. The molecule has 9 nitrogen and oxygen atoms in total. The van der Waals surface area contributed by atoms with Gasteiger partial charge in [0, 0.05) is 71.1 Å². The molecule has 9 rings (SSSR count). The number of benzene rings is 2. The van der Waals surface area contributed by atoms with Gasteiger partial charge >= 0.3 is 6.09 Å². The molecule has 2 amide bonds. The third-order valence-corrected chi connectivity index (χ3v) is 11.9. The van der Waals surface area contributed by atoms with E-state index in [0.717, 1.165) is 35.9 Å². The minimum atomic E-state index is -0.684. The number of halogens is 3. The summed E-state index contributed by atoms with van der Waals surface area (Å²) in [6.07, 6.45) is 2.22. The third-order valence-electron chi connectivity index (χ3n) is 11.0. The predicted molar refractivity (Wildman–Crippen MR) is 193 cm³/mol. The lowest BCUT2D eigenvalue weighted by atomic mass is 9.79. The van der Waals surface area contributed by atoms with Crippen molar-refractivity contribution in [3.8, 4) is 17.2 Å². The Balaban J connectivity index is 1.38. The lowest BCUT2D eigenvalue weighted by Crippen LogP contribution is -2.45. The maximum Gasteiger partial charge on any atom is 0.410 e. The lowest BCUT2D eigenvalue weighted by Gasteiger charge is -2.40. The SMILES string of the molecule is Cc1nc2c(F)c(-c3cccc(Cl)c3Cl)c(CCC#N)cc2c2c1cc([C@H]1C[C@H](O)CN1C(=O)C1CC1)n2[C@H]1[C@@H]2C[C@H]1N(C(=O)OC(C)(C)C)C2. The number of fused-ring (bicyclic) bond motifs is 4. The second-order valence-electron chi connectivity index (χ2n) is 15.6. The van der Waals surface area contributed by atoms with Crippen molar-refractivity contribution in [3.63, 3.8) is 0 Å². The van der Waals surface area contributed by atoms with Gasteiger partial charge in [-0.3, -0.25) is 4.79 Å². The van der Waals surface area contributed by atoms with Crippen molar-refractivity contribution < 1.29 is 23.8 Å². The Bertz CT molecular complexity index is 2170. The molecule has 1 N–H and O–H groups in total. The second kappa shape index (κ2) is 12.4. The van der Waals surface area contributed by atoms with Crippen LogP contribution in [0.4, 0.5) is 9.18 Å². The molecular weight excluding hydrogens is 692 g/mol. The summed E-state index contributed by atoms with van der Waals surface area (Å²) >= 11 is 13.1. The Hall–Kier alpha value is -3.91. The number of aliphatic hydroxyl groups excluding tert-OH is 1. The molecule has 2 aromatic heterocycles. The summed E-state index contributed by atoms with van der Waals surface area (Å²) in [6.45, 7) is 8.16. The molecule has 2 bridgehead atoms. The molecule has 266 valence electrons. The molecule has 5 fully saturated rings. The summed E-state index contributed by atoms with van der Waals surface area (Å²) in [4.78, 5) is 35.6. The first kappa shape index (κ1) is 34.2. The van der Waals surface area contributed by atoms with E-state index in [0.29, 0.717) is 35.2 Å². The maximum atomic E-state index is 17.2. The van der Waals surface area contributed by atoms with Gasteiger partial charge in [-0.05, 0) is 77.1 Å². The quantitative estimate of drug-likeness (QED) is 0.214. The largest absolute Gasteiger partial charge is 0.444 e. The number of ether oxygens (including phenoxy) is 1. The van der Waals surface area contributed by atoms with Crippen LogP contribution in [0, 0.1) is 35.9 Å². The zero-order valence-electron chi connectivity index (χ0n) is 29.0. The number of nitriles is 1. The first-order valence-electron chi connectivity index (χ1n) is 17.7. The van der Waals surface area contributed by atoms with E-state index < -0.39 is 23.6 Å². The summed E-state index contributed by atoms with van der Waals surface area (Å²) < 4.78 is 25.2. The molecule has 5 aliphatic rings. The molecule has 5 heterocycles. The number of likely N-dealkylation sites (tertiary alicyclic amines) is 1. The van der Waals surface area contributed by atoms with Gasteiger partial charge in [0.05, 0.1) is 45.9 Å². The molecule has 0 unspecified atom stereocenters. The van der Waals surface area contributed by atoms with Gasteiger partial charge in [0.2, 0.25) is 5.91 Å². The highest BCUT2D eigenvalue weighted by Gasteiger charge is 2.57. The molecule has 0 spiro atoms. The fourth-order valence-electron chi connectivity index (χ4n) is 8.66. The van der Waals surface area contributed by atoms with E-state index in [1.807, 2.05) is 38.7 Å². The fourth-order valence-corrected chi connectivity index (χ4v) is 9.06. The van der Waals surface area contributed by atoms with Crippen LogP contribution in [0.1, 0.15) is 81.9 Å². The fraction of sp³-hybridized carbons (Fsp3) is 0.487. The van der Waals surface area contributed by atoms with Crippen LogP contribution >= 0.6 is 23.2 Å². The van der Waals surface area contributed by atoms with Crippen molar-refractivity contribution in [3.05, 3.63) is 63.1 Å². The molecular formula is C39H40Cl2FN5O4. The van der Waals surface area contributed by atoms with E-state index in [1.165, 1.54) is 0 Å². The van der Waals surface area contributed by atoms with Crippen LogP contribution in [0.25, 0.3) is 32.9 Å². The first-order chi connectivity index (χ1) is 24.3. The maximum absolute atomic E-state index is 17.2. The molecule has 4 aromatic rings. The van der Waals surface area contributed by atoms with Gasteiger partial charge in [-0.15, -0.1) is 0 Å². The smallest absolute Gasteiger partial charge is 0.410 e. The molecule has 5 atom stereocenters. The number of pyridine rings is 1. The normalized spacial score (nSPS) is 24.3. The van der Waals surface area contributed by atoms with Crippen LogP contribution < -0.4 is 0 Å². The molecule has 12 heteroatoms. The monoisotopic (exact) mass is 731 g/mol. The van der Waals surface area contributed by atoms with E-state index in [1.54, 1.807) is 23.1 Å². The van der Waals surface area contributed by atoms with Gasteiger partial charge < -0.3 is 24.2 Å². The van der Waals surface area contributed by atoms with Gasteiger partial charge in [-0.1, -0.05) is 35.3 Å². The van der Waals surface area contributed by atoms with Crippen molar-refractivity contribution in [2.24, 2.45) is 11.8 Å². The molecule has 2 aromatic carbocycles. The summed E-state index contributed by atoms with van der Waals surface area (Å²) in [6, 6.07) is 10.5. The Labute approximate surface area is 305 Å². The number of aliphatic hydroxyl groups is 1. The van der Waals surface area contributed by atoms with Crippen molar-refractivity contribution in [2.45, 2.75) is 96.1 Å². The number of nitrogens with zero attached hydrogens (tertiary/aromatic N) is 5. The zero-order valence-corrected chi connectivity index (χ0v) is 30.6. The van der Waals surface area contributed by atoms with Gasteiger partial charge in [0.1, 0.15) is 11.1 Å². The van der Waals surface area contributed by atoms with E-state index in [9.17, 15) is 20.0 Å². The molecule has 2 aliphatic carbocycles. The van der Waals surface area contributed by atoms with E-state index in [-0.39, 0.29) is 76.4 Å². The van der Waals surface area contributed by atoms with Crippen molar-refractivity contribution in [2.75, 3.05) is 13.1 Å². The zero-order chi connectivity index (χ0) is 36.1. The number of rotatable bonds is 6. The third kappa shape index (κ3) is 5.64. The number of hydrogen-bond acceptors (Lipinski definition) is 6. The lowest BCUT2D eigenvalue weighted by molar-refractivity contribution is -0.133. The van der Waals surface area contributed by atoms with Gasteiger partial charge in [-0.25, -0.2) is 14.2 Å². The summed E-state index contributed by atoms with van der Waals surface area (Å²) in [5, 5.41) is 22.5. The number of carbonyl (C=O) groups is 2. The molecule has 51 heavy (non-hydrogen) atoms.